The average molecular weight is 288 g/mol. The highest BCUT2D eigenvalue weighted by Crippen LogP contribution is 2.10. The standard InChI is InChI=1S/C14H20N6O/c1-4-6-20-13(17-9-18-20)10(3)19-14(21)11-7-15-12(5-2)16-8-11/h7-10H,4-6H2,1-3H3,(H,19,21). The van der Waals surface area contributed by atoms with Gasteiger partial charge in [-0.3, -0.25) is 4.79 Å². The predicted molar refractivity (Wildman–Crippen MR) is 77.6 cm³/mol. The van der Waals surface area contributed by atoms with E-state index in [-0.39, 0.29) is 11.9 Å². The normalized spacial score (nSPS) is 12.1. The highest BCUT2D eigenvalue weighted by atomic mass is 16.1. The molecule has 0 saturated carbocycles. The molecular formula is C14H20N6O. The Balaban J connectivity index is 2.05. The maximum Gasteiger partial charge on any atom is 0.254 e. The van der Waals surface area contributed by atoms with Crippen LogP contribution in [0.1, 0.15) is 55.2 Å². The first kappa shape index (κ1) is 15.1. The number of hydrogen-bond donors (Lipinski definition) is 1. The van der Waals surface area contributed by atoms with E-state index in [1.54, 1.807) is 12.4 Å². The second-order valence-electron chi connectivity index (χ2n) is 4.78. The molecule has 1 N–H and O–H groups in total. The Morgan fingerprint density at radius 2 is 2.00 bits per heavy atom. The second-order valence-corrected chi connectivity index (χ2v) is 4.78. The highest BCUT2D eigenvalue weighted by molar-refractivity contribution is 5.93. The minimum Gasteiger partial charge on any atom is -0.342 e. The molecule has 112 valence electrons. The molecular weight excluding hydrogens is 268 g/mol. The van der Waals surface area contributed by atoms with Crippen molar-refractivity contribution in [2.75, 3.05) is 0 Å². The van der Waals surface area contributed by atoms with Crippen molar-refractivity contribution in [3.63, 3.8) is 0 Å². The molecule has 2 aromatic rings. The molecule has 21 heavy (non-hydrogen) atoms. The second kappa shape index (κ2) is 6.92. The van der Waals surface area contributed by atoms with Crippen molar-refractivity contribution >= 4 is 5.91 Å². The van der Waals surface area contributed by atoms with Gasteiger partial charge in [-0.2, -0.15) is 5.10 Å². The number of carbonyl (C=O) groups is 1. The zero-order valence-electron chi connectivity index (χ0n) is 12.6. The summed E-state index contributed by atoms with van der Waals surface area (Å²) in [7, 11) is 0. The van der Waals surface area contributed by atoms with Crippen molar-refractivity contribution < 1.29 is 4.79 Å². The summed E-state index contributed by atoms with van der Waals surface area (Å²) < 4.78 is 1.81. The molecule has 7 nitrogen and oxygen atoms in total. The summed E-state index contributed by atoms with van der Waals surface area (Å²) in [5.74, 6) is 1.26. The molecule has 0 aliphatic rings. The number of carbonyl (C=O) groups excluding carboxylic acids is 1. The van der Waals surface area contributed by atoms with E-state index in [1.807, 2.05) is 18.5 Å². The highest BCUT2D eigenvalue weighted by Gasteiger charge is 2.16. The van der Waals surface area contributed by atoms with E-state index in [1.165, 1.54) is 6.33 Å². The molecule has 2 aromatic heterocycles. The maximum absolute atomic E-state index is 12.2. The Morgan fingerprint density at radius 1 is 1.29 bits per heavy atom. The van der Waals surface area contributed by atoms with Crippen LogP contribution in [0.2, 0.25) is 0 Å². The molecule has 0 aromatic carbocycles. The van der Waals surface area contributed by atoms with E-state index >= 15 is 0 Å². The number of aryl methyl sites for hydroxylation is 2. The molecule has 1 atom stereocenters. The lowest BCUT2D eigenvalue weighted by atomic mass is 10.2. The Morgan fingerprint density at radius 3 is 2.62 bits per heavy atom. The maximum atomic E-state index is 12.2. The fraction of sp³-hybridized carbons (Fsp3) is 0.500. The summed E-state index contributed by atoms with van der Waals surface area (Å²) >= 11 is 0. The van der Waals surface area contributed by atoms with Crippen molar-refractivity contribution in [2.24, 2.45) is 0 Å². The number of rotatable bonds is 6. The molecule has 0 saturated heterocycles. The van der Waals surface area contributed by atoms with Gasteiger partial charge in [0.2, 0.25) is 0 Å². The minimum atomic E-state index is -0.225. The third kappa shape index (κ3) is 3.62. The number of nitrogens with one attached hydrogen (secondary N) is 1. The Bertz CT molecular complexity index is 592. The summed E-state index contributed by atoms with van der Waals surface area (Å²) in [5, 5.41) is 7.05. The third-order valence-electron chi connectivity index (χ3n) is 3.10. The van der Waals surface area contributed by atoms with Gasteiger partial charge in [0.15, 0.2) is 0 Å². The molecule has 0 radical (unpaired) electrons. The van der Waals surface area contributed by atoms with Crippen molar-refractivity contribution in [1.82, 2.24) is 30.0 Å². The van der Waals surface area contributed by atoms with E-state index in [9.17, 15) is 4.79 Å². The van der Waals surface area contributed by atoms with Crippen LogP contribution in [0, 0.1) is 0 Å². The average Bonchev–Trinajstić information content (AvgIpc) is 2.96. The first-order valence-corrected chi connectivity index (χ1v) is 7.15. The quantitative estimate of drug-likeness (QED) is 0.871. The minimum absolute atomic E-state index is 0.212. The molecule has 2 rings (SSSR count). The van der Waals surface area contributed by atoms with Gasteiger partial charge in [0, 0.05) is 25.4 Å². The lowest BCUT2D eigenvalue weighted by Crippen LogP contribution is -2.29. The summed E-state index contributed by atoms with van der Waals surface area (Å²) in [5.41, 5.74) is 0.445. The number of aromatic nitrogens is 5. The number of amides is 1. The summed E-state index contributed by atoms with van der Waals surface area (Å²) in [6, 6.07) is -0.225. The third-order valence-corrected chi connectivity index (χ3v) is 3.10. The lowest BCUT2D eigenvalue weighted by molar-refractivity contribution is 0.0936. The van der Waals surface area contributed by atoms with E-state index in [0.29, 0.717) is 5.56 Å². The Hall–Kier alpha value is -2.31. The van der Waals surface area contributed by atoms with Gasteiger partial charge >= 0.3 is 0 Å². The van der Waals surface area contributed by atoms with Crippen LogP contribution in [0.25, 0.3) is 0 Å². The van der Waals surface area contributed by atoms with E-state index in [0.717, 1.165) is 31.0 Å². The largest absolute Gasteiger partial charge is 0.342 e. The first-order valence-electron chi connectivity index (χ1n) is 7.15. The Labute approximate surface area is 123 Å². The SMILES string of the molecule is CCCn1ncnc1C(C)NC(=O)c1cnc(CC)nc1. The van der Waals surface area contributed by atoms with Crippen LogP contribution in [-0.4, -0.2) is 30.6 Å². The molecule has 7 heteroatoms. The van der Waals surface area contributed by atoms with E-state index < -0.39 is 0 Å². The molecule has 0 fully saturated rings. The molecule has 1 unspecified atom stereocenters. The first-order chi connectivity index (χ1) is 10.2. The fourth-order valence-electron chi connectivity index (χ4n) is 1.99. The van der Waals surface area contributed by atoms with Gasteiger partial charge in [-0.1, -0.05) is 13.8 Å². The van der Waals surface area contributed by atoms with Gasteiger partial charge in [0.1, 0.15) is 18.0 Å². The van der Waals surface area contributed by atoms with E-state index in [2.05, 4.69) is 32.3 Å². The van der Waals surface area contributed by atoms with Crippen LogP contribution in [0.5, 0.6) is 0 Å². The van der Waals surface area contributed by atoms with Crippen molar-refractivity contribution in [3.8, 4) is 0 Å². The lowest BCUT2D eigenvalue weighted by Gasteiger charge is -2.14. The van der Waals surface area contributed by atoms with Crippen LogP contribution < -0.4 is 5.32 Å². The van der Waals surface area contributed by atoms with Crippen LogP contribution in [0.15, 0.2) is 18.7 Å². The summed E-state index contributed by atoms with van der Waals surface area (Å²) in [6.07, 6.45) is 6.31. The zero-order chi connectivity index (χ0) is 15.2. The smallest absolute Gasteiger partial charge is 0.254 e. The van der Waals surface area contributed by atoms with Crippen LogP contribution in [0.4, 0.5) is 0 Å². The van der Waals surface area contributed by atoms with Gasteiger partial charge in [-0.15, -0.1) is 0 Å². The topological polar surface area (TPSA) is 85.6 Å². The Kier molecular flexibility index (Phi) is 4.97. The molecule has 0 spiro atoms. The molecule has 0 aliphatic carbocycles. The van der Waals surface area contributed by atoms with Crippen LogP contribution in [-0.2, 0) is 13.0 Å². The monoisotopic (exact) mass is 288 g/mol. The zero-order valence-corrected chi connectivity index (χ0v) is 12.6. The van der Waals surface area contributed by atoms with Gasteiger partial charge in [-0.25, -0.2) is 19.6 Å². The van der Waals surface area contributed by atoms with Gasteiger partial charge in [0.25, 0.3) is 5.91 Å². The fourth-order valence-corrected chi connectivity index (χ4v) is 1.99. The summed E-state index contributed by atoms with van der Waals surface area (Å²) in [4.78, 5) is 24.6. The number of hydrogen-bond acceptors (Lipinski definition) is 5. The molecule has 1 amide bonds. The molecule has 0 bridgehead atoms. The van der Waals surface area contributed by atoms with Crippen molar-refractivity contribution in [1.29, 1.82) is 0 Å². The molecule has 0 aliphatic heterocycles. The van der Waals surface area contributed by atoms with Crippen LogP contribution in [0.3, 0.4) is 0 Å². The summed E-state index contributed by atoms with van der Waals surface area (Å²) in [6.45, 7) is 6.71. The van der Waals surface area contributed by atoms with Crippen LogP contribution >= 0.6 is 0 Å². The molecule has 2 heterocycles. The predicted octanol–water partition coefficient (Wildman–Crippen LogP) is 1.53. The van der Waals surface area contributed by atoms with Gasteiger partial charge < -0.3 is 5.32 Å². The van der Waals surface area contributed by atoms with E-state index in [4.69, 9.17) is 0 Å². The van der Waals surface area contributed by atoms with Crippen molar-refractivity contribution in [3.05, 3.63) is 35.9 Å². The van der Waals surface area contributed by atoms with Gasteiger partial charge in [-0.05, 0) is 13.3 Å². The van der Waals surface area contributed by atoms with Gasteiger partial charge in [0.05, 0.1) is 11.6 Å². The van der Waals surface area contributed by atoms with Crippen molar-refractivity contribution in [2.45, 2.75) is 46.2 Å². The number of nitrogens with zero attached hydrogens (tertiary/aromatic N) is 5.